The van der Waals surface area contributed by atoms with E-state index in [4.69, 9.17) is 9.47 Å². The predicted molar refractivity (Wildman–Crippen MR) is 49.3 cm³/mol. The molecule has 0 aliphatic carbocycles. The van der Waals surface area contributed by atoms with Gasteiger partial charge >= 0.3 is 16.0 Å². The molecule has 0 aromatic rings. The molecule has 0 saturated carbocycles. The summed E-state index contributed by atoms with van der Waals surface area (Å²) in [6, 6.07) is 0. The Morgan fingerprint density at radius 1 is 1.40 bits per heavy atom. The van der Waals surface area contributed by atoms with Gasteiger partial charge < -0.3 is 9.47 Å². The average Bonchev–Trinajstić information content (AvgIpc) is 2.39. The molecule has 1 saturated heterocycles. The summed E-state index contributed by atoms with van der Waals surface area (Å²) in [4.78, 5) is 0. The maximum atomic E-state index is 5.02. The molecule has 5 heteroatoms. The predicted octanol–water partition coefficient (Wildman–Crippen LogP) is 1.89. The van der Waals surface area contributed by atoms with E-state index in [1.807, 2.05) is 0 Å². The number of hydrogen-bond acceptors (Lipinski definition) is 2. The van der Waals surface area contributed by atoms with Gasteiger partial charge in [-0.2, -0.15) is 0 Å². The van der Waals surface area contributed by atoms with Crippen LogP contribution in [0.5, 0.6) is 0 Å². The highest BCUT2D eigenvalue weighted by molar-refractivity contribution is 9.47. The minimum absolute atomic E-state index is 0.0139. The monoisotopic (exact) mass is 283 g/mol. The van der Waals surface area contributed by atoms with E-state index in [1.165, 1.54) is 0 Å². The molecule has 0 aromatic heterocycles. The van der Waals surface area contributed by atoms with Gasteiger partial charge in [0.2, 0.25) is 0 Å². The molecular formula is C5H9Br2MgO2. The smallest absolute Gasteiger partial charge is 0.350 e. The molecule has 10 heavy (non-hydrogen) atoms. The highest BCUT2D eigenvalue weighted by Gasteiger charge is 2.11. The second-order valence-electron chi connectivity index (χ2n) is 1.56. The first kappa shape index (κ1) is 11.6. The summed E-state index contributed by atoms with van der Waals surface area (Å²) in [5.74, 6) is 0. The number of hydrogen-bond donors (Lipinski definition) is 0. The van der Waals surface area contributed by atoms with Crippen molar-refractivity contribution in [2.45, 2.75) is 12.7 Å². The highest BCUT2D eigenvalue weighted by atomic mass is 79.9. The van der Waals surface area contributed by atoms with Gasteiger partial charge in [0.1, 0.15) is 0 Å². The summed E-state index contributed by atoms with van der Waals surface area (Å²) in [5, 5.41) is 0. The van der Waals surface area contributed by atoms with Gasteiger partial charge in [0.25, 0.3) is 0 Å². The summed E-state index contributed by atoms with van der Waals surface area (Å²) in [5.41, 5.74) is 0. The van der Waals surface area contributed by atoms with Crippen molar-refractivity contribution in [1.82, 2.24) is 0 Å². The molecule has 1 fully saturated rings. The fraction of sp³-hybridized carbons (Fsp3) is 0.800. The Hall–Kier alpha value is 1.65. The van der Waals surface area contributed by atoms with Crippen LogP contribution in [0.4, 0.5) is 0 Å². The van der Waals surface area contributed by atoms with Crippen molar-refractivity contribution in [2.75, 3.05) is 13.2 Å². The van der Waals surface area contributed by atoms with Gasteiger partial charge in [-0.25, -0.2) is 0 Å². The van der Waals surface area contributed by atoms with Gasteiger partial charge in [0.05, 0.1) is 13.2 Å². The van der Waals surface area contributed by atoms with E-state index < -0.39 is 0 Å². The molecule has 2 nitrogen and oxygen atoms in total. The van der Waals surface area contributed by atoms with Crippen molar-refractivity contribution in [1.29, 1.82) is 0 Å². The molecular weight excluding hydrogens is 276 g/mol. The van der Waals surface area contributed by atoms with Gasteiger partial charge in [-0.15, -0.1) is 0 Å². The second-order valence-corrected chi connectivity index (χ2v) is 9.64. The van der Waals surface area contributed by atoms with Gasteiger partial charge in [-0.1, -0.05) is 0 Å². The lowest BCUT2D eigenvalue weighted by molar-refractivity contribution is -0.0385. The second kappa shape index (κ2) is 8.74. The zero-order valence-corrected chi connectivity index (χ0v) is 10.3. The van der Waals surface area contributed by atoms with Gasteiger partial charge in [0, 0.05) is 0 Å². The standard InChI is InChI=1S/C5H9O2.2BrH.Mg/c1-2-5-6-3-4-7-5;;;/h5H,1-4H2;2*1H;/q;;;+2/p-2. The third-order valence-electron chi connectivity index (χ3n) is 0.927. The number of halogens is 2. The number of rotatable bonds is 1. The summed E-state index contributed by atoms with van der Waals surface area (Å²) in [7, 11) is 0. The Balaban J connectivity index is 0.000000236. The van der Waals surface area contributed by atoms with Crippen LogP contribution in [-0.4, -0.2) is 35.5 Å². The van der Waals surface area contributed by atoms with Gasteiger partial charge in [0.15, 0.2) is 6.29 Å². The van der Waals surface area contributed by atoms with E-state index >= 15 is 0 Å². The van der Waals surface area contributed by atoms with E-state index in [0.29, 0.717) is 0 Å². The molecule has 1 heterocycles. The fourth-order valence-corrected chi connectivity index (χ4v) is 0.574. The first-order chi connectivity index (χ1) is 4.85. The van der Waals surface area contributed by atoms with E-state index in [1.54, 1.807) is 0 Å². The largest absolute Gasteiger partial charge is 0.560 e. The van der Waals surface area contributed by atoms with Crippen molar-refractivity contribution in [3.8, 4) is 0 Å². The van der Waals surface area contributed by atoms with Crippen LogP contribution in [0.25, 0.3) is 0 Å². The van der Waals surface area contributed by atoms with Crippen molar-refractivity contribution in [3.05, 3.63) is 6.92 Å². The van der Waals surface area contributed by atoms with Crippen LogP contribution >= 0.6 is 25.8 Å². The SMILES string of the molecule is [Br][Mg][Br].[CH2]CC1OCCO1. The minimum atomic E-state index is -0.0139. The van der Waals surface area contributed by atoms with Crippen molar-refractivity contribution in [3.63, 3.8) is 0 Å². The Morgan fingerprint density at radius 2 is 1.80 bits per heavy atom. The molecule has 0 aromatic carbocycles. The van der Waals surface area contributed by atoms with Crippen molar-refractivity contribution < 1.29 is 9.47 Å². The minimum Gasteiger partial charge on any atom is -0.350 e. The third-order valence-corrected chi connectivity index (χ3v) is 0.927. The van der Waals surface area contributed by atoms with Crippen LogP contribution in [-0.2, 0) is 9.47 Å². The first-order valence-electron chi connectivity index (χ1n) is 2.99. The normalized spacial score (nSPS) is 17.5. The number of ether oxygens (including phenoxy) is 2. The van der Waals surface area contributed by atoms with Crippen LogP contribution in [0.1, 0.15) is 6.42 Å². The van der Waals surface area contributed by atoms with Crippen LogP contribution in [0.3, 0.4) is 0 Å². The zero-order chi connectivity index (χ0) is 7.82. The lowest BCUT2D eigenvalue weighted by Crippen LogP contribution is -2.03. The average molecular weight is 285 g/mol. The van der Waals surface area contributed by atoms with E-state index in [0.717, 1.165) is 19.6 Å². The molecule has 1 rings (SSSR count). The molecule has 1 radical (unpaired) electrons. The van der Waals surface area contributed by atoms with Crippen LogP contribution in [0, 0.1) is 6.92 Å². The molecule has 0 amide bonds. The van der Waals surface area contributed by atoms with Crippen molar-refractivity contribution in [2.24, 2.45) is 0 Å². The molecule has 1 aliphatic heterocycles. The summed E-state index contributed by atoms with van der Waals surface area (Å²) in [6.07, 6.45) is 0.708. The van der Waals surface area contributed by atoms with Crippen molar-refractivity contribution >= 4 is 41.8 Å². The molecule has 0 bridgehead atoms. The maximum Gasteiger partial charge on any atom is 0.560 e. The fourth-order valence-electron chi connectivity index (χ4n) is 0.574. The third kappa shape index (κ3) is 6.36. The molecule has 0 unspecified atom stereocenters. The van der Waals surface area contributed by atoms with E-state index in [2.05, 4.69) is 32.7 Å². The Bertz CT molecular complexity index is 68.7. The van der Waals surface area contributed by atoms with E-state index in [-0.39, 0.29) is 22.3 Å². The molecule has 1 aliphatic rings. The molecule has 0 atom stereocenters. The lowest BCUT2D eigenvalue weighted by Gasteiger charge is -2.01. The van der Waals surface area contributed by atoms with E-state index in [9.17, 15) is 0 Å². The molecule has 0 spiro atoms. The highest BCUT2D eigenvalue weighted by Crippen LogP contribution is 2.05. The quantitative estimate of drug-likeness (QED) is 0.685. The van der Waals surface area contributed by atoms with Crippen LogP contribution in [0.15, 0.2) is 0 Å². The van der Waals surface area contributed by atoms with Gasteiger partial charge in [-0.3, -0.25) is 25.8 Å². The lowest BCUT2D eigenvalue weighted by atomic mass is 10.5. The summed E-state index contributed by atoms with van der Waals surface area (Å²) < 4.78 is 10.0. The Kier molecular flexibility index (Phi) is 10.2. The van der Waals surface area contributed by atoms with Crippen LogP contribution in [0.2, 0.25) is 0 Å². The summed E-state index contributed by atoms with van der Waals surface area (Å²) >= 11 is 6.44. The Labute approximate surface area is 83.5 Å². The molecule has 57 valence electrons. The topological polar surface area (TPSA) is 18.5 Å². The van der Waals surface area contributed by atoms with Crippen LogP contribution < -0.4 is 0 Å². The molecule has 0 N–H and O–H groups in total. The summed E-state index contributed by atoms with van der Waals surface area (Å²) in [6.45, 7) is 5.09. The maximum absolute atomic E-state index is 5.02. The first-order valence-corrected chi connectivity index (χ1v) is 10.8. The van der Waals surface area contributed by atoms with Gasteiger partial charge in [-0.05, 0) is 13.3 Å². The zero-order valence-electron chi connectivity index (χ0n) is 5.69. The Morgan fingerprint density at radius 3 is 2.00 bits per heavy atom.